The second-order valence-electron chi connectivity index (χ2n) is 2.20. The van der Waals surface area contributed by atoms with Gasteiger partial charge in [-0.3, -0.25) is 4.18 Å². The Labute approximate surface area is 101 Å². The van der Waals surface area contributed by atoms with Crippen molar-refractivity contribution in [3.63, 3.8) is 0 Å². The van der Waals surface area contributed by atoms with E-state index in [9.17, 15) is 13.0 Å². The van der Waals surface area contributed by atoms with Crippen LogP contribution in [0.5, 0.6) is 0 Å². The second kappa shape index (κ2) is 9.39. The molecule has 0 fully saturated rings. The molecule has 0 radical (unpaired) electrons. The van der Waals surface area contributed by atoms with Gasteiger partial charge in [-0.15, -0.1) is 0 Å². The Kier molecular flexibility index (Phi) is 11.7. The number of rotatable bonds is 7. The predicted molar refractivity (Wildman–Crippen MR) is 41.4 cm³/mol. The first-order valence-corrected chi connectivity index (χ1v) is 5.07. The molecule has 0 aromatic rings. The van der Waals surface area contributed by atoms with Gasteiger partial charge < -0.3 is 9.29 Å². The zero-order valence-electron chi connectivity index (χ0n) is 7.99. The van der Waals surface area contributed by atoms with E-state index in [2.05, 4.69) is 4.18 Å². The molecular formula is C6H13NaO5S. The van der Waals surface area contributed by atoms with Crippen LogP contribution in [0.3, 0.4) is 0 Å². The molecule has 0 aliphatic rings. The van der Waals surface area contributed by atoms with Crippen molar-refractivity contribution < 1.29 is 51.4 Å². The smallest absolute Gasteiger partial charge is 0.726 e. The molecule has 0 heterocycles. The van der Waals surface area contributed by atoms with Crippen LogP contribution >= 0.6 is 0 Å². The van der Waals surface area contributed by atoms with Gasteiger partial charge in [-0.1, -0.05) is 13.3 Å². The molecule has 0 amide bonds. The van der Waals surface area contributed by atoms with Crippen LogP contribution in [0.2, 0.25) is 0 Å². The van der Waals surface area contributed by atoms with Crippen molar-refractivity contribution in [3.8, 4) is 0 Å². The summed E-state index contributed by atoms with van der Waals surface area (Å²) in [6.07, 6.45) is 1.94. The Morgan fingerprint density at radius 3 is 2.31 bits per heavy atom. The minimum Gasteiger partial charge on any atom is -0.726 e. The van der Waals surface area contributed by atoms with Crippen molar-refractivity contribution in [2.75, 3.05) is 19.8 Å². The van der Waals surface area contributed by atoms with Crippen LogP contribution in [0.4, 0.5) is 0 Å². The summed E-state index contributed by atoms with van der Waals surface area (Å²) in [7, 11) is -4.55. The standard InChI is InChI=1S/C6H14O5S.Na/c1-2-3-4-10-5-6-11-12(7,8)9;/h2-6H2,1H3,(H,7,8,9);/q;+1/p-1. The number of hydrogen-bond acceptors (Lipinski definition) is 5. The summed E-state index contributed by atoms with van der Waals surface area (Å²) < 4.78 is 38.5. The zero-order valence-corrected chi connectivity index (χ0v) is 10.8. The normalized spacial score (nSPS) is 10.9. The summed E-state index contributed by atoms with van der Waals surface area (Å²) in [4.78, 5) is 0. The first-order valence-electron chi connectivity index (χ1n) is 3.74. The minimum absolute atomic E-state index is 0. The van der Waals surface area contributed by atoms with Gasteiger partial charge in [0.1, 0.15) is 0 Å². The molecule has 0 saturated heterocycles. The molecule has 0 bridgehead atoms. The van der Waals surface area contributed by atoms with Crippen LogP contribution in [0.25, 0.3) is 0 Å². The third kappa shape index (κ3) is 15.6. The Hall–Kier alpha value is 0.830. The fourth-order valence-corrected chi connectivity index (χ4v) is 0.816. The monoisotopic (exact) mass is 220 g/mol. The molecule has 13 heavy (non-hydrogen) atoms. The van der Waals surface area contributed by atoms with Gasteiger partial charge in [0.25, 0.3) is 0 Å². The van der Waals surface area contributed by atoms with E-state index in [0.29, 0.717) is 6.61 Å². The number of ether oxygens (including phenoxy) is 1. The molecule has 5 nitrogen and oxygen atoms in total. The van der Waals surface area contributed by atoms with Gasteiger partial charge >= 0.3 is 29.6 Å². The van der Waals surface area contributed by atoms with Crippen LogP contribution in [-0.4, -0.2) is 32.8 Å². The fourth-order valence-electron chi connectivity index (χ4n) is 0.543. The van der Waals surface area contributed by atoms with Crippen LogP contribution in [0.15, 0.2) is 0 Å². The molecule has 0 atom stereocenters. The average Bonchev–Trinajstić information content (AvgIpc) is 1.94. The van der Waals surface area contributed by atoms with Gasteiger partial charge in [0, 0.05) is 6.61 Å². The largest absolute Gasteiger partial charge is 1.00 e. The average molecular weight is 220 g/mol. The van der Waals surface area contributed by atoms with Gasteiger partial charge in [-0.2, -0.15) is 0 Å². The van der Waals surface area contributed by atoms with E-state index in [0.717, 1.165) is 12.8 Å². The van der Waals surface area contributed by atoms with Crippen molar-refractivity contribution in [3.05, 3.63) is 0 Å². The quantitative estimate of drug-likeness (QED) is 0.202. The van der Waals surface area contributed by atoms with Crippen molar-refractivity contribution in [1.82, 2.24) is 0 Å². The number of hydrogen-bond donors (Lipinski definition) is 0. The Balaban J connectivity index is 0. The van der Waals surface area contributed by atoms with Crippen molar-refractivity contribution in [2.45, 2.75) is 19.8 Å². The van der Waals surface area contributed by atoms with Crippen molar-refractivity contribution in [1.29, 1.82) is 0 Å². The van der Waals surface area contributed by atoms with E-state index < -0.39 is 10.4 Å². The molecule has 7 heteroatoms. The number of unbranched alkanes of at least 4 members (excludes halogenated alkanes) is 1. The SMILES string of the molecule is CCCCOCCOS(=O)(=O)[O-].[Na+]. The van der Waals surface area contributed by atoms with E-state index >= 15 is 0 Å². The topological polar surface area (TPSA) is 75.7 Å². The molecule has 0 aliphatic heterocycles. The van der Waals surface area contributed by atoms with Gasteiger partial charge in [0.2, 0.25) is 10.4 Å². The van der Waals surface area contributed by atoms with Crippen molar-refractivity contribution in [2.24, 2.45) is 0 Å². The van der Waals surface area contributed by atoms with Crippen LogP contribution in [0.1, 0.15) is 19.8 Å². The molecule has 0 aromatic carbocycles. The zero-order chi connectivity index (χ0) is 9.45. The first kappa shape index (κ1) is 16.3. The molecule has 74 valence electrons. The summed E-state index contributed by atoms with van der Waals surface area (Å²) in [6, 6.07) is 0. The summed E-state index contributed by atoms with van der Waals surface area (Å²) in [5, 5.41) is 0. The van der Waals surface area contributed by atoms with Gasteiger partial charge in [0.05, 0.1) is 13.2 Å². The Morgan fingerprint density at radius 1 is 1.23 bits per heavy atom. The Bertz CT molecular complexity index is 191. The second-order valence-corrected chi connectivity index (χ2v) is 3.25. The predicted octanol–water partition coefficient (Wildman–Crippen LogP) is -2.72. The summed E-state index contributed by atoms with van der Waals surface area (Å²) in [6.45, 7) is 2.53. The summed E-state index contributed by atoms with van der Waals surface area (Å²) in [5.74, 6) is 0. The van der Waals surface area contributed by atoms with Crippen LogP contribution < -0.4 is 29.6 Å². The molecule has 0 aromatic heterocycles. The Morgan fingerprint density at radius 2 is 1.85 bits per heavy atom. The minimum atomic E-state index is -4.55. The third-order valence-electron chi connectivity index (χ3n) is 1.10. The molecular weight excluding hydrogens is 207 g/mol. The van der Waals surface area contributed by atoms with E-state index in [4.69, 9.17) is 4.74 Å². The molecule has 0 unspecified atom stereocenters. The molecule has 0 N–H and O–H groups in total. The van der Waals surface area contributed by atoms with Crippen LogP contribution in [-0.2, 0) is 19.3 Å². The molecule has 0 rings (SSSR count). The van der Waals surface area contributed by atoms with Crippen molar-refractivity contribution >= 4 is 10.4 Å². The summed E-state index contributed by atoms with van der Waals surface area (Å²) in [5.41, 5.74) is 0. The first-order chi connectivity index (χ1) is 5.56. The van der Waals surface area contributed by atoms with E-state index in [1.807, 2.05) is 6.92 Å². The van der Waals surface area contributed by atoms with Gasteiger partial charge in [0.15, 0.2) is 0 Å². The van der Waals surface area contributed by atoms with Crippen LogP contribution in [0, 0.1) is 0 Å². The van der Waals surface area contributed by atoms with E-state index in [1.165, 1.54) is 0 Å². The van der Waals surface area contributed by atoms with E-state index in [-0.39, 0.29) is 42.8 Å². The maximum absolute atomic E-state index is 9.89. The summed E-state index contributed by atoms with van der Waals surface area (Å²) >= 11 is 0. The maximum Gasteiger partial charge on any atom is 1.00 e. The van der Waals surface area contributed by atoms with E-state index in [1.54, 1.807) is 0 Å². The van der Waals surface area contributed by atoms with Gasteiger partial charge in [-0.05, 0) is 6.42 Å². The third-order valence-corrected chi connectivity index (χ3v) is 1.55. The molecule has 0 spiro atoms. The molecule has 0 saturated carbocycles. The maximum atomic E-state index is 9.89. The fraction of sp³-hybridized carbons (Fsp3) is 1.00. The van der Waals surface area contributed by atoms with Gasteiger partial charge in [-0.25, -0.2) is 8.42 Å². The molecule has 0 aliphatic carbocycles.